The zero-order valence-corrected chi connectivity index (χ0v) is 15.1. The van der Waals surface area contributed by atoms with Crippen molar-refractivity contribution in [2.24, 2.45) is 0 Å². The van der Waals surface area contributed by atoms with Crippen LogP contribution in [0.2, 0.25) is 0 Å². The SMILES string of the molecule is CCC(CC)NC(=O)c1cc(C(C)C)nc2c1cnn2C(C)C. The summed E-state index contributed by atoms with van der Waals surface area (Å²) in [6, 6.07) is 2.32. The summed E-state index contributed by atoms with van der Waals surface area (Å²) in [5.74, 6) is 0.228. The van der Waals surface area contributed by atoms with E-state index in [0.717, 1.165) is 29.6 Å². The third-order valence-electron chi connectivity index (χ3n) is 4.23. The van der Waals surface area contributed by atoms with Crippen molar-refractivity contribution in [1.29, 1.82) is 0 Å². The molecule has 126 valence electrons. The zero-order chi connectivity index (χ0) is 17.1. The van der Waals surface area contributed by atoms with Gasteiger partial charge in [-0.2, -0.15) is 5.10 Å². The summed E-state index contributed by atoms with van der Waals surface area (Å²) < 4.78 is 1.88. The quantitative estimate of drug-likeness (QED) is 0.874. The van der Waals surface area contributed by atoms with Gasteiger partial charge in [0.05, 0.1) is 17.1 Å². The van der Waals surface area contributed by atoms with Crippen LogP contribution in [0.25, 0.3) is 11.0 Å². The largest absolute Gasteiger partial charge is 0.349 e. The average molecular weight is 316 g/mol. The number of hydrogen-bond acceptors (Lipinski definition) is 3. The third kappa shape index (κ3) is 3.54. The predicted octanol–water partition coefficient (Wildman–Crippen LogP) is 4.05. The molecule has 1 N–H and O–H groups in total. The van der Waals surface area contributed by atoms with Crippen LogP contribution in [0.5, 0.6) is 0 Å². The molecule has 0 radical (unpaired) electrons. The minimum atomic E-state index is -0.0312. The van der Waals surface area contributed by atoms with E-state index in [0.29, 0.717) is 5.56 Å². The highest BCUT2D eigenvalue weighted by Crippen LogP contribution is 2.24. The summed E-state index contributed by atoms with van der Waals surface area (Å²) in [6.45, 7) is 12.5. The highest BCUT2D eigenvalue weighted by atomic mass is 16.1. The van der Waals surface area contributed by atoms with E-state index < -0.39 is 0 Å². The van der Waals surface area contributed by atoms with Crippen LogP contribution >= 0.6 is 0 Å². The summed E-state index contributed by atoms with van der Waals surface area (Å²) in [5, 5.41) is 8.38. The second kappa shape index (κ2) is 7.11. The average Bonchev–Trinajstić information content (AvgIpc) is 2.95. The van der Waals surface area contributed by atoms with Gasteiger partial charge in [-0.25, -0.2) is 9.67 Å². The summed E-state index contributed by atoms with van der Waals surface area (Å²) in [7, 11) is 0. The number of aromatic nitrogens is 3. The Kier molecular flexibility index (Phi) is 5.39. The normalized spacial score (nSPS) is 11.9. The van der Waals surface area contributed by atoms with E-state index in [9.17, 15) is 4.79 Å². The lowest BCUT2D eigenvalue weighted by Crippen LogP contribution is -2.34. The molecule has 0 aliphatic heterocycles. The molecule has 0 saturated carbocycles. The maximum Gasteiger partial charge on any atom is 0.252 e. The standard InChI is InChI=1S/C18H28N4O/c1-7-13(8-2)20-18(23)14-9-16(11(3)4)21-17-15(14)10-19-22(17)12(5)6/h9-13H,7-8H2,1-6H3,(H,20,23). The lowest BCUT2D eigenvalue weighted by Gasteiger charge is -2.16. The number of fused-ring (bicyclic) bond motifs is 1. The Balaban J connectivity index is 2.55. The smallest absolute Gasteiger partial charge is 0.252 e. The van der Waals surface area contributed by atoms with Crippen molar-refractivity contribution in [2.45, 2.75) is 72.4 Å². The Hall–Kier alpha value is -1.91. The molecule has 2 aromatic heterocycles. The minimum Gasteiger partial charge on any atom is -0.349 e. The van der Waals surface area contributed by atoms with Crippen LogP contribution in [0.1, 0.15) is 82.4 Å². The summed E-state index contributed by atoms with van der Waals surface area (Å²) in [4.78, 5) is 17.5. The molecule has 2 aromatic rings. The lowest BCUT2D eigenvalue weighted by molar-refractivity contribution is 0.0936. The first-order valence-electron chi connectivity index (χ1n) is 8.57. The van der Waals surface area contributed by atoms with Crippen LogP contribution in [0.15, 0.2) is 12.3 Å². The van der Waals surface area contributed by atoms with E-state index in [2.05, 4.69) is 52.0 Å². The number of carbonyl (C=O) groups is 1. The summed E-state index contributed by atoms with van der Waals surface area (Å²) >= 11 is 0. The monoisotopic (exact) mass is 316 g/mol. The second-order valence-electron chi connectivity index (χ2n) is 6.66. The van der Waals surface area contributed by atoms with Crippen LogP contribution < -0.4 is 5.32 Å². The molecular formula is C18H28N4O. The summed E-state index contributed by atoms with van der Waals surface area (Å²) in [5.41, 5.74) is 2.40. The van der Waals surface area contributed by atoms with E-state index in [1.165, 1.54) is 0 Å². The highest BCUT2D eigenvalue weighted by Gasteiger charge is 2.20. The maximum absolute atomic E-state index is 12.8. The minimum absolute atomic E-state index is 0.0312. The molecule has 0 fully saturated rings. The molecule has 2 heterocycles. The van der Waals surface area contributed by atoms with Gasteiger partial charge < -0.3 is 5.32 Å². The Labute approximate surface area is 138 Å². The molecule has 0 spiro atoms. The molecular weight excluding hydrogens is 288 g/mol. The Morgan fingerprint density at radius 3 is 2.39 bits per heavy atom. The number of rotatable bonds is 6. The van der Waals surface area contributed by atoms with E-state index in [-0.39, 0.29) is 23.9 Å². The van der Waals surface area contributed by atoms with Crippen molar-refractivity contribution < 1.29 is 4.79 Å². The highest BCUT2D eigenvalue weighted by molar-refractivity contribution is 6.05. The number of pyridine rings is 1. The van der Waals surface area contributed by atoms with Crippen LogP contribution in [0, 0.1) is 0 Å². The van der Waals surface area contributed by atoms with Gasteiger partial charge in [-0.1, -0.05) is 27.7 Å². The van der Waals surface area contributed by atoms with Gasteiger partial charge in [-0.3, -0.25) is 4.79 Å². The van der Waals surface area contributed by atoms with Gasteiger partial charge in [-0.15, -0.1) is 0 Å². The zero-order valence-electron chi connectivity index (χ0n) is 15.1. The van der Waals surface area contributed by atoms with Crippen molar-refractivity contribution in [3.05, 3.63) is 23.5 Å². The molecule has 5 nitrogen and oxygen atoms in total. The second-order valence-corrected chi connectivity index (χ2v) is 6.66. The number of nitrogens with zero attached hydrogens (tertiary/aromatic N) is 3. The van der Waals surface area contributed by atoms with Crippen LogP contribution in [-0.4, -0.2) is 26.7 Å². The molecule has 2 rings (SSSR count). The van der Waals surface area contributed by atoms with Gasteiger partial charge in [0.1, 0.15) is 0 Å². The van der Waals surface area contributed by atoms with Crippen molar-refractivity contribution in [3.8, 4) is 0 Å². The first-order valence-corrected chi connectivity index (χ1v) is 8.57. The molecule has 0 unspecified atom stereocenters. The Bertz CT molecular complexity index is 684. The lowest BCUT2D eigenvalue weighted by atomic mass is 10.0. The molecule has 1 amide bonds. The molecule has 0 aliphatic carbocycles. The van der Waals surface area contributed by atoms with Gasteiger partial charge >= 0.3 is 0 Å². The van der Waals surface area contributed by atoms with Gasteiger partial charge in [0.25, 0.3) is 5.91 Å². The van der Waals surface area contributed by atoms with Crippen molar-refractivity contribution in [2.75, 3.05) is 0 Å². The predicted molar refractivity (Wildman–Crippen MR) is 93.8 cm³/mol. The van der Waals surface area contributed by atoms with E-state index >= 15 is 0 Å². The van der Waals surface area contributed by atoms with Crippen molar-refractivity contribution in [1.82, 2.24) is 20.1 Å². The Morgan fingerprint density at radius 2 is 1.87 bits per heavy atom. The number of carbonyl (C=O) groups excluding carboxylic acids is 1. The molecule has 0 atom stereocenters. The molecule has 0 saturated heterocycles. The molecule has 0 aromatic carbocycles. The van der Waals surface area contributed by atoms with Crippen molar-refractivity contribution in [3.63, 3.8) is 0 Å². The van der Waals surface area contributed by atoms with Gasteiger partial charge in [0.15, 0.2) is 5.65 Å². The third-order valence-corrected chi connectivity index (χ3v) is 4.23. The van der Waals surface area contributed by atoms with Crippen LogP contribution in [0.3, 0.4) is 0 Å². The number of hydrogen-bond donors (Lipinski definition) is 1. The first-order chi connectivity index (χ1) is 10.9. The molecule has 5 heteroatoms. The number of amides is 1. The Morgan fingerprint density at radius 1 is 1.22 bits per heavy atom. The van der Waals surface area contributed by atoms with E-state index in [4.69, 9.17) is 4.98 Å². The molecule has 0 bridgehead atoms. The maximum atomic E-state index is 12.8. The van der Waals surface area contributed by atoms with Crippen LogP contribution in [0.4, 0.5) is 0 Å². The summed E-state index contributed by atoms with van der Waals surface area (Å²) in [6.07, 6.45) is 3.62. The topological polar surface area (TPSA) is 59.8 Å². The molecule has 23 heavy (non-hydrogen) atoms. The number of nitrogens with one attached hydrogen (secondary N) is 1. The van der Waals surface area contributed by atoms with Gasteiger partial charge in [0.2, 0.25) is 0 Å². The fraction of sp³-hybridized carbons (Fsp3) is 0.611. The van der Waals surface area contributed by atoms with Gasteiger partial charge in [0, 0.05) is 17.8 Å². The molecule has 0 aliphatic rings. The van der Waals surface area contributed by atoms with E-state index in [1.54, 1.807) is 6.20 Å². The first kappa shape index (κ1) is 17.4. The van der Waals surface area contributed by atoms with E-state index in [1.807, 2.05) is 10.7 Å². The van der Waals surface area contributed by atoms with Crippen LogP contribution in [-0.2, 0) is 0 Å². The van der Waals surface area contributed by atoms with Crippen molar-refractivity contribution >= 4 is 16.9 Å². The van der Waals surface area contributed by atoms with Gasteiger partial charge in [-0.05, 0) is 38.7 Å². The fourth-order valence-electron chi connectivity index (χ4n) is 2.65. The fourth-order valence-corrected chi connectivity index (χ4v) is 2.65.